The number of carboxylic acids is 2. The largest absolute Gasteiger partial charge is 0.481 e. The second-order valence-corrected chi connectivity index (χ2v) is 6.95. The molecule has 1 rings (SSSR count). The molecule has 0 aliphatic heterocycles. The van der Waals surface area contributed by atoms with Crippen LogP contribution in [0, 0.1) is 5.92 Å². The molecule has 0 aromatic rings. The molecule has 6 heteroatoms. The minimum atomic E-state index is -0.854. The van der Waals surface area contributed by atoms with Crippen molar-refractivity contribution in [2.45, 2.75) is 89.2 Å². The average Bonchev–Trinajstić information content (AvgIpc) is 2.56. The first kappa shape index (κ1) is 20.9. The molecule has 0 radical (unpaired) electrons. The number of carbonyl (C=O) groups is 2. The maximum Gasteiger partial charge on any atom is 0.320 e. The van der Waals surface area contributed by atoms with Gasteiger partial charge in [0.1, 0.15) is 6.04 Å². The lowest BCUT2D eigenvalue weighted by Crippen LogP contribution is -2.39. The Labute approximate surface area is 144 Å². The van der Waals surface area contributed by atoms with E-state index in [1.165, 1.54) is 19.3 Å². The van der Waals surface area contributed by atoms with Crippen LogP contribution in [0.1, 0.15) is 77.0 Å². The molecule has 1 saturated carbocycles. The van der Waals surface area contributed by atoms with Crippen molar-refractivity contribution in [1.29, 1.82) is 0 Å². The van der Waals surface area contributed by atoms with Gasteiger partial charge in [-0.25, -0.2) is 0 Å². The number of unbranched alkanes of at least 4 members (excludes halogenated alkanes) is 3. The van der Waals surface area contributed by atoms with Gasteiger partial charge in [0.15, 0.2) is 0 Å². The van der Waals surface area contributed by atoms with Crippen molar-refractivity contribution in [3.63, 3.8) is 0 Å². The van der Waals surface area contributed by atoms with Crippen LogP contribution in [0.25, 0.3) is 0 Å². The van der Waals surface area contributed by atoms with Crippen molar-refractivity contribution in [3.8, 4) is 0 Å². The van der Waals surface area contributed by atoms with Crippen molar-refractivity contribution in [2.24, 2.45) is 5.92 Å². The normalized spacial score (nSPS) is 18.2. The Morgan fingerprint density at radius 2 is 1.62 bits per heavy atom. The van der Waals surface area contributed by atoms with Crippen LogP contribution in [-0.4, -0.2) is 45.9 Å². The Hall–Kier alpha value is -1.14. The first-order chi connectivity index (χ1) is 11.5. The molecule has 2 atom stereocenters. The molecule has 6 nitrogen and oxygen atoms in total. The molecule has 1 unspecified atom stereocenters. The van der Waals surface area contributed by atoms with Crippen LogP contribution in [0.4, 0.5) is 0 Å². The molecule has 4 N–H and O–H groups in total. The van der Waals surface area contributed by atoms with Gasteiger partial charge < -0.3 is 20.6 Å². The lowest BCUT2D eigenvalue weighted by molar-refractivity contribution is -0.140. The molecular formula is C18H33NO5. The summed E-state index contributed by atoms with van der Waals surface area (Å²) in [5, 5.41) is 31.1. The van der Waals surface area contributed by atoms with E-state index in [1.54, 1.807) is 0 Å². The van der Waals surface area contributed by atoms with Crippen molar-refractivity contribution in [2.75, 3.05) is 6.54 Å². The molecule has 1 aliphatic carbocycles. The third kappa shape index (κ3) is 9.23. The summed E-state index contributed by atoms with van der Waals surface area (Å²) in [6.45, 7) is 0.521. The Kier molecular flexibility index (Phi) is 10.7. The summed E-state index contributed by atoms with van der Waals surface area (Å²) < 4.78 is 0. The summed E-state index contributed by atoms with van der Waals surface area (Å²) in [6, 6.07) is -0.581. The minimum Gasteiger partial charge on any atom is -0.481 e. The standard InChI is InChI=1S/C18H33NO5/c20-16(14-8-4-3-5-9-14)12-13-19-15(18(23)24)10-6-1-2-7-11-17(21)22/h14-16,19-20H,1-13H2,(H,21,22)(H,23,24)/t15-,16?/m0/s1. The van der Waals surface area contributed by atoms with Crippen LogP contribution in [0.2, 0.25) is 0 Å². The molecule has 0 spiro atoms. The van der Waals surface area contributed by atoms with E-state index in [0.29, 0.717) is 31.7 Å². The fraction of sp³-hybridized carbons (Fsp3) is 0.889. The number of hydrogen-bond donors (Lipinski definition) is 4. The van der Waals surface area contributed by atoms with Gasteiger partial charge in [-0.05, 0) is 44.6 Å². The number of aliphatic carboxylic acids is 2. The molecule has 0 saturated heterocycles. The van der Waals surface area contributed by atoms with Gasteiger partial charge in [-0.15, -0.1) is 0 Å². The molecular weight excluding hydrogens is 310 g/mol. The molecule has 0 aromatic carbocycles. The van der Waals surface area contributed by atoms with Crippen molar-refractivity contribution >= 4 is 11.9 Å². The number of rotatable bonds is 13. The van der Waals surface area contributed by atoms with E-state index in [1.807, 2.05) is 0 Å². The Balaban J connectivity index is 2.13. The van der Waals surface area contributed by atoms with Crippen LogP contribution < -0.4 is 5.32 Å². The lowest BCUT2D eigenvalue weighted by atomic mass is 9.84. The smallest absolute Gasteiger partial charge is 0.320 e. The van der Waals surface area contributed by atoms with E-state index in [0.717, 1.165) is 32.1 Å². The highest BCUT2D eigenvalue weighted by molar-refractivity contribution is 5.73. The number of aliphatic hydroxyl groups excluding tert-OH is 1. The maximum atomic E-state index is 11.3. The fourth-order valence-corrected chi connectivity index (χ4v) is 3.45. The summed E-state index contributed by atoms with van der Waals surface area (Å²) in [5.41, 5.74) is 0. The van der Waals surface area contributed by atoms with E-state index >= 15 is 0 Å². The van der Waals surface area contributed by atoms with Gasteiger partial charge in [-0.1, -0.05) is 38.5 Å². The summed E-state index contributed by atoms with van der Waals surface area (Å²) in [7, 11) is 0. The zero-order valence-electron chi connectivity index (χ0n) is 14.6. The third-order valence-corrected chi connectivity index (χ3v) is 4.96. The zero-order chi connectivity index (χ0) is 17.8. The maximum absolute atomic E-state index is 11.3. The number of nitrogens with one attached hydrogen (secondary N) is 1. The topological polar surface area (TPSA) is 107 Å². The highest BCUT2D eigenvalue weighted by atomic mass is 16.4. The second kappa shape index (κ2) is 12.3. The second-order valence-electron chi connectivity index (χ2n) is 6.95. The van der Waals surface area contributed by atoms with Crippen LogP contribution in [0.3, 0.4) is 0 Å². The van der Waals surface area contributed by atoms with E-state index < -0.39 is 18.0 Å². The third-order valence-electron chi connectivity index (χ3n) is 4.96. The van der Waals surface area contributed by atoms with Gasteiger partial charge in [0.2, 0.25) is 0 Å². The van der Waals surface area contributed by atoms with Gasteiger partial charge in [0, 0.05) is 6.42 Å². The Morgan fingerprint density at radius 1 is 0.958 bits per heavy atom. The Bertz CT molecular complexity index is 368. The molecule has 0 heterocycles. The van der Waals surface area contributed by atoms with E-state index in [9.17, 15) is 19.8 Å². The highest BCUT2D eigenvalue weighted by Crippen LogP contribution is 2.27. The van der Waals surface area contributed by atoms with E-state index in [4.69, 9.17) is 5.11 Å². The molecule has 24 heavy (non-hydrogen) atoms. The molecule has 140 valence electrons. The number of hydrogen-bond acceptors (Lipinski definition) is 4. The first-order valence-corrected chi connectivity index (χ1v) is 9.36. The summed E-state index contributed by atoms with van der Waals surface area (Å²) >= 11 is 0. The quantitative estimate of drug-likeness (QED) is 0.383. The molecule has 1 aliphatic rings. The molecule has 0 aromatic heterocycles. The molecule has 1 fully saturated rings. The number of carboxylic acid groups (broad SMARTS) is 2. The van der Waals surface area contributed by atoms with Gasteiger partial charge in [0.05, 0.1) is 6.10 Å². The molecule has 0 bridgehead atoms. The van der Waals surface area contributed by atoms with Crippen LogP contribution >= 0.6 is 0 Å². The molecule has 0 amide bonds. The first-order valence-electron chi connectivity index (χ1n) is 9.36. The highest BCUT2D eigenvalue weighted by Gasteiger charge is 2.22. The van der Waals surface area contributed by atoms with Crippen LogP contribution in [0.5, 0.6) is 0 Å². The summed E-state index contributed by atoms with van der Waals surface area (Å²) in [4.78, 5) is 21.7. The van der Waals surface area contributed by atoms with Crippen LogP contribution in [0.15, 0.2) is 0 Å². The lowest BCUT2D eigenvalue weighted by Gasteiger charge is -2.27. The predicted octanol–water partition coefficient (Wildman–Crippen LogP) is 2.79. The monoisotopic (exact) mass is 343 g/mol. The average molecular weight is 343 g/mol. The van der Waals surface area contributed by atoms with Gasteiger partial charge in [-0.3, -0.25) is 9.59 Å². The minimum absolute atomic E-state index is 0.180. The van der Waals surface area contributed by atoms with Crippen LogP contribution in [-0.2, 0) is 9.59 Å². The summed E-state index contributed by atoms with van der Waals surface area (Å²) in [6.07, 6.45) is 9.89. The fourth-order valence-electron chi connectivity index (χ4n) is 3.45. The van der Waals surface area contributed by atoms with E-state index in [2.05, 4.69) is 5.32 Å². The predicted molar refractivity (Wildman–Crippen MR) is 92.0 cm³/mol. The van der Waals surface area contributed by atoms with E-state index in [-0.39, 0.29) is 12.5 Å². The van der Waals surface area contributed by atoms with Crippen molar-refractivity contribution < 1.29 is 24.9 Å². The van der Waals surface area contributed by atoms with Crippen molar-refractivity contribution in [1.82, 2.24) is 5.32 Å². The van der Waals surface area contributed by atoms with Crippen molar-refractivity contribution in [3.05, 3.63) is 0 Å². The van der Waals surface area contributed by atoms with Gasteiger partial charge >= 0.3 is 11.9 Å². The summed E-state index contributed by atoms with van der Waals surface area (Å²) in [5.74, 6) is -1.26. The SMILES string of the molecule is O=C(O)CCCCCC[C@H](NCCC(O)C1CCCCC1)C(=O)O. The van der Waals surface area contributed by atoms with Gasteiger partial charge in [0.25, 0.3) is 0 Å². The Morgan fingerprint density at radius 3 is 2.25 bits per heavy atom. The van der Waals surface area contributed by atoms with Gasteiger partial charge in [-0.2, -0.15) is 0 Å². The zero-order valence-corrected chi connectivity index (χ0v) is 14.6. The number of aliphatic hydroxyl groups is 1.